The molecule has 2 aliphatic rings. The van der Waals surface area contributed by atoms with E-state index in [-0.39, 0.29) is 12.1 Å². The van der Waals surface area contributed by atoms with Crippen LogP contribution in [0.25, 0.3) is 11.3 Å². The average Bonchev–Trinajstić information content (AvgIpc) is 3.15. The normalized spacial score (nSPS) is 13.0. The first-order chi connectivity index (χ1) is 26.9. The number of ether oxygens (including phenoxy) is 1. The van der Waals surface area contributed by atoms with Gasteiger partial charge in [-0.1, -0.05) is 80.4 Å². The molecule has 5 aromatic carbocycles. The third-order valence-electron chi connectivity index (χ3n) is 11.5. The molecular formula is C50H47BN4O. The van der Waals surface area contributed by atoms with Crippen molar-refractivity contribution in [1.29, 1.82) is 0 Å². The molecule has 0 saturated carbocycles. The second-order valence-electron chi connectivity index (χ2n) is 16.8. The van der Waals surface area contributed by atoms with Gasteiger partial charge in [-0.05, 0) is 151 Å². The molecule has 0 unspecified atom stereocenters. The number of aryl methyl sites for hydroxylation is 6. The number of hydrogen-bond donors (Lipinski definition) is 0. The van der Waals surface area contributed by atoms with Gasteiger partial charge in [0.15, 0.2) is 0 Å². The number of hydrogen-bond acceptors (Lipinski definition) is 5. The number of fused-ring (bicyclic) bond motifs is 4. The molecule has 0 N–H and O–H groups in total. The molecule has 0 aliphatic carbocycles. The molecule has 2 aromatic heterocycles. The van der Waals surface area contributed by atoms with Crippen molar-refractivity contribution < 1.29 is 4.74 Å². The molecule has 0 amide bonds. The second-order valence-corrected chi connectivity index (χ2v) is 16.8. The second kappa shape index (κ2) is 13.3. The van der Waals surface area contributed by atoms with Gasteiger partial charge in [-0.3, -0.25) is 4.98 Å². The molecule has 276 valence electrons. The molecule has 0 fully saturated rings. The predicted octanol–water partition coefficient (Wildman–Crippen LogP) is 11.2. The molecule has 7 aromatic rings. The highest BCUT2D eigenvalue weighted by Crippen LogP contribution is 2.47. The van der Waals surface area contributed by atoms with Crippen LogP contribution >= 0.6 is 0 Å². The first kappa shape index (κ1) is 35.6. The molecule has 2 aliphatic heterocycles. The van der Waals surface area contributed by atoms with Gasteiger partial charge in [-0.15, -0.1) is 0 Å². The molecule has 56 heavy (non-hydrogen) atoms. The Kier molecular flexibility index (Phi) is 8.42. The summed E-state index contributed by atoms with van der Waals surface area (Å²) in [5, 5.41) is 0. The molecule has 5 nitrogen and oxygen atoms in total. The quantitative estimate of drug-likeness (QED) is 0.165. The van der Waals surface area contributed by atoms with Gasteiger partial charge < -0.3 is 14.5 Å². The highest BCUT2D eigenvalue weighted by atomic mass is 16.5. The monoisotopic (exact) mass is 730 g/mol. The largest absolute Gasteiger partial charge is 0.439 e. The summed E-state index contributed by atoms with van der Waals surface area (Å²) in [7, 11) is 0. The Bertz CT molecular complexity index is 2640. The van der Waals surface area contributed by atoms with Crippen LogP contribution in [0.15, 0.2) is 122 Å². The molecule has 9 rings (SSSR count). The molecule has 0 atom stereocenters. The van der Waals surface area contributed by atoms with Crippen molar-refractivity contribution in [1.82, 2.24) is 9.97 Å². The van der Waals surface area contributed by atoms with Crippen molar-refractivity contribution in [2.24, 2.45) is 0 Å². The van der Waals surface area contributed by atoms with Crippen molar-refractivity contribution in [2.75, 3.05) is 9.80 Å². The third kappa shape index (κ3) is 5.87. The van der Waals surface area contributed by atoms with Crippen molar-refractivity contribution in [3.8, 4) is 22.9 Å². The van der Waals surface area contributed by atoms with E-state index < -0.39 is 0 Å². The van der Waals surface area contributed by atoms with E-state index in [0.29, 0.717) is 5.88 Å². The Morgan fingerprint density at radius 2 is 1.12 bits per heavy atom. The van der Waals surface area contributed by atoms with E-state index in [1.807, 2.05) is 24.4 Å². The van der Waals surface area contributed by atoms with E-state index in [1.165, 1.54) is 83.8 Å². The molecule has 6 heteroatoms. The van der Waals surface area contributed by atoms with Gasteiger partial charge in [0.25, 0.3) is 6.71 Å². The lowest BCUT2D eigenvalue weighted by atomic mass is 9.33. The van der Waals surface area contributed by atoms with Crippen LogP contribution in [0, 0.1) is 41.5 Å². The maximum Gasteiger partial charge on any atom is 0.252 e. The van der Waals surface area contributed by atoms with E-state index in [0.717, 1.165) is 22.7 Å². The summed E-state index contributed by atoms with van der Waals surface area (Å²) in [5.41, 5.74) is 21.6. The zero-order valence-electron chi connectivity index (χ0n) is 33.8. The van der Waals surface area contributed by atoms with Crippen LogP contribution in [0.3, 0.4) is 0 Å². The Labute approximate surface area is 331 Å². The number of aromatic nitrogens is 2. The van der Waals surface area contributed by atoms with E-state index in [9.17, 15) is 0 Å². The topological polar surface area (TPSA) is 41.5 Å². The maximum atomic E-state index is 6.49. The highest BCUT2D eigenvalue weighted by molar-refractivity contribution is 7.00. The van der Waals surface area contributed by atoms with Crippen LogP contribution in [0.5, 0.6) is 11.6 Å². The summed E-state index contributed by atoms with van der Waals surface area (Å²) in [6, 6.07) is 39.8. The van der Waals surface area contributed by atoms with Crippen molar-refractivity contribution in [3.63, 3.8) is 0 Å². The Balaban J connectivity index is 1.36. The van der Waals surface area contributed by atoms with Gasteiger partial charge in [0, 0.05) is 41.2 Å². The van der Waals surface area contributed by atoms with Crippen LogP contribution < -0.4 is 30.9 Å². The van der Waals surface area contributed by atoms with E-state index >= 15 is 0 Å². The summed E-state index contributed by atoms with van der Waals surface area (Å²) >= 11 is 0. The summed E-state index contributed by atoms with van der Waals surface area (Å²) in [6.45, 7) is 20.0. The summed E-state index contributed by atoms with van der Waals surface area (Å²) in [6.07, 6.45) is 3.72. The summed E-state index contributed by atoms with van der Waals surface area (Å²) in [5.74, 6) is 1.32. The predicted molar refractivity (Wildman–Crippen MR) is 235 cm³/mol. The smallest absolute Gasteiger partial charge is 0.252 e. The molecule has 0 radical (unpaired) electrons. The summed E-state index contributed by atoms with van der Waals surface area (Å²) in [4.78, 5) is 14.5. The van der Waals surface area contributed by atoms with Crippen molar-refractivity contribution >= 4 is 57.2 Å². The average molecular weight is 731 g/mol. The lowest BCUT2D eigenvalue weighted by Gasteiger charge is -2.45. The summed E-state index contributed by atoms with van der Waals surface area (Å²) < 4.78 is 6.49. The van der Waals surface area contributed by atoms with Gasteiger partial charge in [-0.2, -0.15) is 0 Å². The number of rotatable bonds is 5. The fourth-order valence-electron chi connectivity index (χ4n) is 9.26. The minimum absolute atomic E-state index is 0.000939. The molecule has 0 bridgehead atoms. The number of pyridine rings is 2. The minimum Gasteiger partial charge on any atom is -0.439 e. The van der Waals surface area contributed by atoms with Gasteiger partial charge in [0.05, 0.1) is 17.1 Å². The highest BCUT2D eigenvalue weighted by Gasteiger charge is 2.44. The Morgan fingerprint density at radius 3 is 1.70 bits per heavy atom. The lowest BCUT2D eigenvalue weighted by Crippen LogP contribution is -2.61. The molecular weight excluding hydrogens is 683 g/mol. The maximum absolute atomic E-state index is 6.49. The standard InChI is InChI=1S/C50H47BN4O/c1-30-23-32(3)48(33(4)24-30)54-42-18-16-36(41-28-37(20-22-52-41)50(7,8)9)27-39(42)51-40-29-38(56-46-15-10-11-21-53-46)17-19-43(40)55(45-14-12-13-44(54)47(45)51)49-34(5)25-31(2)26-35(49)6/h10-29H,1-9H3. The van der Waals surface area contributed by atoms with Crippen LogP contribution in [-0.4, -0.2) is 16.7 Å². The van der Waals surface area contributed by atoms with Crippen LogP contribution in [0.4, 0.5) is 34.1 Å². The molecule has 0 saturated heterocycles. The fraction of sp³-hybridized carbons (Fsp3) is 0.200. The van der Waals surface area contributed by atoms with Gasteiger partial charge in [0.1, 0.15) is 5.75 Å². The Morgan fingerprint density at radius 1 is 0.536 bits per heavy atom. The van der Waals surface area contributed by atoms with Gasteiger partial charge >= 0.3 is 0 Å². The first-order valence-electron chi connectivity index (χ1n) is 19.6. The van der Waals surface area contributed by atoms with Crippen molar-refractivity contribution in [3.05, 3.63) is 161 Å². The molecule has 4 heterocycles. The van der Waals surface area contributed by atoms with Crippen molar-refractivity contribution in [2.45, 2.75) is 67.7 Å². The third-order valence-corrected chi connectivity index (χ3v) is 11.5. The number of benzene rings is 5. The molecule has 0 spiro atoms. The fourth-order valence-corrected chi connectivity index (χ4v) is 9.26. The number of anilines is 6. The first-order valence-corrected chi connectivity index (χ1v) is 19.6. The van der Waals surface area contributed by atoms with E-state index in [2.05, 4.69) is 168 Å². The van der Waals surface area contributed by atoms with E-state index in [1.54, 1.807) is 6.20 Å². The van der Waals surface area contributed by atoms with Crippen LogP contribution in [0.2, 0.25) is 0 Å². The van der Waals surface area contributed by atoms with Crippen LogP contribution in [0.1, 0.15) is 59.7 Å². The van der Waals surface area contributed by atoms with Gasteiger partial charge in [-0.25, -0.2) is 4.98 Å². The SMILES string of the molecule is Cc1cc(C)c(N2c3ccc(Oc4ccccn4)cc3B3c4cc(-c5cc(C(C)(C)C)ccn5)ccc4N(c4c(C)cc(C)cc4C)c4cccc2c43)c(C)c1. The number of nitrogens with zero attached hydrogens (tertiary/aromatic N) is 4. The van der Waals surface area contributed by atoms with E-state index in [4.69, 9.17) is 9.72 Å². The zero-order chi connectivity index (χ0) is 39.0. The van der Waals surface area contributed by atoms with Gasteiger partial charge in [0.2, 0.25) is 5.88 Å². The minimum atomic E-state index is -0.0890. The Hall–Kier alpha value is -6.14. The zero-order valence-corrected chi connectivity index (χ0v) is 33.8. The van der Waals surface area contributed by atoms with Crippen LogP contribution in [-0.2, 0) is 5.41 Å². The lowest BCUT2D eigenvalue weighted by molar-refractivity contribution is 0.463.